The van der Waals surface area contributed by atoms with Gasteiger partial charge in [0.2, 0.25) is 0 Å². The number of nitrogens with zero attached hydrogens (tertiary/aromatic N) is 4. The second-order valence-electron chi connectivity index (χ2n) is 6.58. The minimum atomic E-state index is -0.198. The van der Waals surface area contributed by atoms with Gasteiger partial charge in [-0.1, -0.05) is 23.8 Å². The molecule has 26 heavy (non-hydrogen) atoms. The van der Waals surface area contributed by atoms with Gasteiger partial charge in [-0.2, -0.15) is 0 Å². The fourth-order valence-electron chi connectivity index (χ4n) is 3.30. The van der Waals surface area contributed by atoms with Crippen LogP contribution in [0.25, 0.3) is 11.3 Å². The average molecular weight is 348 g/mol. The topological polar surface area (TPSA) is 32.3 Å². The number of halogens is 1. The number of aromatic nitrogens is 2. The molecule has 0 radical (unpaired) electrons. The Bertz CT molecular complexity index is 887. The van der Waals surface area contributed by atoms with Gasteiger partial charge in [0.15, 0.2) is 0 Å². The summed E-state index contributed by atoms with van der Waals surface area (Å²) in [5.41, 5.74) is 4.25. The molecule has 2 aromatic carbocycles. The standard InChI is InChI=1S/C21H21FN4/c1-16-3-2-4-17(13-16)20-14-23-15-21(24-20)26-11-9-25(10-12-26)19-7-5-18(22)6-8-19/h2-8,13-15H,9-12H2,1H3. The van der Waals surface area contributed by atoms with Crippen molar-refractivity contribution in [3.63, 3.8) is 0 Å². The number of anilines is 2. The van der Waals surface area contributed by atoms with Gasteiger partial charge in [0.05, 0.1) is 18.1 Å². The van der Waals surface area contributed by atoms with Crippen LogP contribution in [-0.4, -0.2) is 36.1 Å². The summed E-state index contributed by atoms with van der Waals surface area (Å²) in [4.78, 5) is 13.7. The molecule has 0 amide bonds. The van der Waals surface area contributed by atoms with Crippen LogP contribution in [0.2, 0.25) is 0 Å². The van der Waals surface area contributed by atoms with Gasteiger partial charge in [0.1, 0.15) is 11.6 Å². The van der Waals surface area contributed by atoms with Crippen LogP contribution < -0.4 is 9.80 Å². The largest absolute Gasteiger partial charge is 0.368 e. The monoisotopic (exact) mass is 348 g/mol. The summed E-state index contributed by atoms with van der Waals surface area (Å²) in [7, 11) is 0. The molecule has 4 rings (SSSR count). The van der Waals surface area contributed by atoms with Crippen molar-refractivity contribution in [3.05, 3.63) is 72.3 Å². The zero-order chi connectivity index (χ0) is 17.9. The van der Waals surface area contributed by atoms with Crippen LogP contribution in [0.15, 0.2) is 60.9 Å². The fraction of sp³-hybridized carbons (Fsp3) is 0.238. The Morgan fingerprint density at radius 2 is 1.62 bits per heavy atom. The maximum atomic E-state index is 13.1. The van der Waals surface area contributed by atoms with Gasteiger partial charge in [-0.05, 0) is 37.3 Å². The van der Waals surface area contributed by atoms with Crippen molar-refractivity contribution in [2.24, 2.45) is 0 Å². The third-order valence-electron chi connectivity index (χ3n) is 4.73. The van der Waals surface area contributed by atoms with E-state index >= 15 is 0 Å². The molecule has 0 saturated carbocycles. The van der Waals surface area contributed by atoms with Crippen LogP contribution in [0.3, 0.4) is 0 Å². The Hall–Kier alpha value is -2.95. The smallest absolute Gasteiger partial charge is 0.147 e. The van der Waals surface area contributed by atoms with Crippen molar-refractivity contribution in [1.29, 1.82) is 0 Å². The zero-order valence-corrected chi connectivity index (χ0v) is 14.8. The van der Waals surface area contributed by atoms with E-state index in [1.165, 1.54) is 17.7 Å². The van der Waals surface area contributed by atoms with Gasteiger partial charge < -0.3 is 9.80 Å². The zero-order valence-electron chi connectivity index (χ0n) is 14.8. The number of piperazine rings is 1. The molecule has 0 bridgehead atoms. The molecule has 0 spiro atoms. The van der Waals surface area contributed by atoms with E-state index in [1.807, 2.05) is 30.6 Å². The minimum absolute atomic E-state index is 0.198. The Kier molecular flexibility index (Phi) is 4.52. The van der Waals surface area contributed by atoms with Gasteiger partial charge in [-0.15, -0.1) is 0 Å². The van der Waals surface area contributed by atoms with Crippen molar-refractivity contribution in [1.82, 2.24) is 9.97 Å². The van der Waals surface area contributed by atoms with Gasteiger partial charge in [0, 0.05) is 37.4 Å². The molecule has 1 aliphatic rings. The first kappa shape index (κ1) is 16.5. The lowest BCUT2D eigenvalue weighted by Crippen LogP contribution is -2.46. The molecular formula is C21H21FN4. The summed E-state index contributed by atoms with van der Waals surface area (Å²) in [6.45, 7) is 5.56. The molecular weight excluding hydrogens is 327 g/mol. The maximum Gasteiger partial charge on any atom is 0.147 e. The third kappa shape index (κ3) is 3.52. The van der Waals surface area contributed by atoms with Crippen LogP contribution in [0.5, 0.6) is 0 Å². The van der Waals surface area contributed by atoms with E-state index < -0.39 is 0 Å². The quantitative estimate of drug-likeness (QED) is 0.718. The summed E-state index contributed by atoms with van der Waals surface area (Å²) in [6.07, 6.45) is 3.64. The lowest BCUT2D eigenvalue weighted by Gasteiger charge is -2.36. The average Bonchev–Trinajstić information content (AvgIpc) is 2.69. The van der Waals surface area contributed by atoms with Crippen molar-refractivity contribution < 1.29 is 4.39 Å². The fourth-order valence-corrected chi connectivity index (χ4v) is 3.30. The molecule has 1 aliphatic heterocycles. The second kappa shape index (κ2) is 7.12. The predicted octanol–water partition coefficient (Wildman–Crippen LogP) is 3.92. The first-order valence-corrected chi connectivity index (χ1v) is 8.83. The summed E-state index contributed by atoms with van der Waals surface area (Å²) in [6, 6.07) is 15.0. The van der Waals surface area contributed by atoms with Gasteiger partial charge >= 0.3 is 0 Å². The molecule has 132 valence electrons. The summed E-state index contributed by atoms with van der Waals surface area (Å²) >= 11 is 0. The van der Waals surface area contributed by atoms with Crippen LogP contribution in [0.1, 0.15) is 5.56 Å². The predicted molar refractivity (Wildman–Crippen MR) is 103 cm³/mol. The molecule has 4 nitrogen and oxygen atoms in total. The highest BCUT2D eigenvalue weighted by atomic mass is 19.1. The van der Waals surface area contributed by atoms with E-state index in [-0.39, 0.29) is 5.82 Å². The number of aryl methyl sites for hydroxylation is 1. The third-order valence-corrected chi connectivity index (χ3v) is 4.73. The SMILES string of the molecule is Cc1cccc(-c2cncc(N3CCN(c4ccc(F)cc4)CC3)n2)c1. The van der Waals surface area contributed by atoms with Gasteiger partial charge in [0.25, 0.3) is 0 Å². The first-order chi connectivity index (χ1) is 12.7. The molecule has 0 unspecified atom stereocenters. The normalized spacial score (nSPS) is 14.5. The molecule has 2 heterocycles. The van der Waals surface area contributed by atoms with Crippen LogP contribution in [0, 0.1) is 12.7 Å². The lowest BCUT2D eigenvalue weighted by atomic mass is 10.1. The highest BCUT2D eigenvalue weighted by molar-refractivity contribution is 5.61. The first-order valence-electron chi connectivity index (χ1n) is 8.83. The molecule has 5 heteroatoms. The number of rotatable bonds is 3. The van der Waals surface area contributed by atoms with E-state index in [0.717, 1.165) is 48.9 Å². The molecule has 3 aromatic rings. The maximum absolute atomic E-state index is 13.1. The Labute approximate surface area is 152 Å². The molecule has 1 fully saturated rings. The summed E-state index contributed by atoms with van der Waals surface area (Å²) in [5.74, 6) is 0.707. The molecule has 0 N–H and O–H groups in total. The van der Waals surface area contributed by atoms with E-state index in [1.54, 1.807) is 0 Å². The van der Waals surface area contributed by atoms with Crippen LogP contribution in [0.4, 0.5) is 15.9 Å². The highest BCUT2D eigenvalue weighted by Crippen LogP contribution is 2.22. The number of hydrogen-bond acceptors (Lipinski definition) is 4. The highest BCUT2D eigenvalue weighted by Gasteiger charge is 2.19. The molecule has 1 aromatic heterocycles. The Morgan fingerprint density at radius 3 is 2.35 bits per heavy atom. The molecule has 1 saturated heterocycles. The van der Waals surface area contributed by atoms with E-state index in [0.29, 0.717) is 0 Å². The van der Waals surface area contributed by atoms with Crippen LogP contribution >= 0.6 is 0 Å². The number of benzene rings is 2. The van der Waals surface area contributed by atoms with E-state index in [2.05, 4.69) is 39.9 Å². The lowest BCUT2D eigenvalue weighted by molar-refractivity contribution is 0.624. The molecule has 0 aliphatic carbocycles. The van der Waals surface area contributed by atoms with Crippen molar-refractivity contribution in [2.75, 3.05) is 36.0 Å². The van der Waals surface area contributed by atoms with E-state index in [9.17, 15) is 4.39 Å². The van der Waals surface area contributed by atoms with Crippen molar-refractivity contribution >= 4 is 11.5 Å². The van der Waals surface area contributed by atoms with Crippen molar-refractivity contribution in [3.8, 4) is 11.3 Å². The van der Waals surface area contributed by atoms with Gasteiger partial charge in [-0.25, -0.2) is 9.37 Å². The second-order valence-corrected chi connectivity index (χ2v) is 6.58. The Balaban J connectivity index is 1.48. The number of hydrogen-bond donors (Lipinski definition) is 0. The van der Waals surface area contributed by atoms with Crippen LogP contribution in [-0.2, 0) is 0 Å². The summed E-state index contributed by atoms with van der Waals surface area (Å²) in [5, 5.41) is 0. The van der Waals surface area contributed by atoms with Gasteiger partial charge in [-0.3, -0.25) is 4.98 Å². The minimum Gasteiger partial charge on any atom is -0.368 e. The molecule has 0 atom stereocenters. The summed E-state index contributed by atoms with van der Waals surface area (Å²) < 4.78 is 13.1. The Morgan fingerprint density at radius 1 is 0.885 bits per heavy atom. The van der Waals surface area contributed by atoms with E-state index in [4.69, 9.17) is 4.98 Å². The van der Waals surface area contributed by atoms with Crippen molar-refractivity contribution in [2.45, 2.75) is 6.92 Å².